The maximum atomic E-state index is 14.0. The summed E-state index contributed by atoms with van der Waals surface area (Å²) < 4.78 is 14.0. The number of para-hydroxylation sites is 1. The number of benzene rings is 2. The zero-order valence-corrected chi connectivity index (χ0v) is 18.9. The summed E-state index contributed by atoms with van der Waals surface area (Å²) in [5.41, 5.74) is 2.81. The van der Waals surface area contributed by atoms with Crippen molar-refractivity contribution in [2.75, 3.05) is 42.9 Å². The van der Waals surface area contributed by atoms with E-state index in [1.165, 1.54) is 6.07 Å². The van der Waals surface area contributed by atoms with Crippen LogP contribution in [0.5, 0.6) is 0 Å². The Kier molecular flexibility index (Phi) is 6.17. The fourth-order valence-electron chi connectivity index (χ4n) is 4.19. The Balaban J connectivity index is 1.20. The van der Waals surface area contributed by atoms with Crippen molar-refractivity contribution in [3.63, 3.8) is 0 Å². The molecule has 0 aliphatic carbocycles. The fourth-order valence-corrected chi connectivity index (χ4v) is 5.11. The van der Waals surface area contributed by atoms with Gasteiger partial charge >= 0.3 is 0 Å². The van der Waals surface area contributed by atoms with Crippen LogP contribution in [0.4, 0.5) is 15.9 Å². The highest BCUT2D eigenvalue weighted by molar-refractivity contribution is 7.17. The van der Waals surface area contributed by atoms with Crippen LogP contribution in [-0.2, 0) is 4.79 Å². The van der Waals surface area contributed by atoms with Crippen LogP contribution in [0.2, 0.25) is 0 Å². The van der Waals surface area contributed by atoms with E-state index in [0.29, 0.717) is 44.8 Å². The molecule has 2 aromatic heterocycles. The smallest absolute Gasteiger partial charge is 0.224 e. The van der Waals surface area contributed by atoms with Crippen LogP contribution >= 0.6 is 11.3 Å². The number of piperazine rings is 1. The van der Waals surface area contributed by atoms with Gasteiger partial charge in [-0.05, 0) is 17.7 Å². The second-order valence-corrected chi connectivity index (χ2v) is 8.77. The molecule has 3 heterocycles. The molecule has 1 fully saturated rings. The average Bonchev–Trinajstić information content (AvgIpc) is 3.30. The van der Waals surface area contributed by atoms with Crippen molar-refractivity contribution in [2.45, 2.75) is 6.42 Å². The van der Waals surface area contributed by atoms with Gasteiger partial charge in [0.1, 0.15) is 22.8 Å². The fraction of sp³-hybridized carbons (Fsp3) is 0.240. The van der Waals surface area contributed by atoms with Gasteiger partial charge < -0.3 is 15.1 Å². The van der Waals surface area contributed by atoms with Crippen molar-refractivity contribution in [3.05, 3.63) is 72.1 Å². The summed E-state index contributed by atoms with van der Waals surface area (Å²) >= 11 is 1.59. The number of rotatable bonds is 6. The maximum absolute atomic E-state index is 14.0. The number of carbonyl (C=O) groups excluding carboxylic acids is 1. The number of nitrogens with zero attached hydrogens (tertiary/aromatic N) is 4. The van der Waals surface area contributed by atoms with Gasteiger partial charge in [0.05, 0.1) is 11.1 Å². The van der Waals surface area contributed by atoms with Crippen molar-refractivity contribution in [1.29, 1.82) is 0 Å². The van der Waals surface area contributed by atoms with Crippen LogP contribution in [0.3, 0.4) is 0 Å². The van der Waals surface area contributed by atoms with E-state index in [1.54, 1.807) is 29.8 Å². The molecule has 33 heavy (non-hydrogen) atoms. The predicted molar refractivity (Wildman–Crippen MR) is 131 cm³/mol. The Morgan fingerprint density at radius 3 is 2.55 bits per heavy atom. The molecule has 4 aromatic rings. The summed E-state index contributed by atoms with van der Waals surface area (Å²) in [6.45, 7) is 2.92. The minimum Gasteiger partial charge on any atom is -0.369 e. The van der Waals surface area contributed by atoms with E-state index in [1.807, 2.05) is 34.1 Å². The summed E-state index contributed by atoms with van der Waals surface area (Å²) in [6, 6.07) is 17.0. The molecule has 8 heteroatoms. The highest BCUT2D eigenvalue weighted by Gasteiger charge is 2.22. The average molecular weight is 462 g/mol. The second-order valence-electron chi connectivity index (χ2n) is 7.91. The lowest BCUT2D eigenvalue weighted by Crippen LogP contribution is -2.49. The number of hydrogen-bond donors (Lipinski definition) is 1. The topological polar surface area (TPSA) is 61.4 Å². The van der Waals surface area contributed by atoms with E-state index < -0.39 is 0 Å². The Hall–Kier alpha value is -3.52. The maximum Gasteiger partial charge on any atom is 0.224 e. The van der Waals surface area contributed by atoms with Crippen LogP contribution in [0.1, 0.15) is 6.42 Å². The second kappa shape index (κ2) is 9.54. The van der Waals surface area contributed by atoms with Crippen molar-refractivity contribution >= 4 is 39.0 Å². The third kappa shape index (κ3) is 4.52. The molecule has 0 radical (unpaired) electrons. The number of anilines is 2. The largest absolute Gasteiger partial charge is 0.369 e. The van der Waals surface area contributed by atoms with E-state index in [2.05, 4.69) is 32.8 Å². The van der Waals surface area contributed by atoms with Crippen molar-refractivity contribution < 1.29 is 9.18 Å². The molecule has 6 nitrogen and oxygen atoms in total. The summed E-state index contributed by atoms with van der Waals surface area (Å²) in [5.74, 6) is 0.618. The standard InChI is InChI=1S/C25H24FN5OS/c26-20-8-4-5-9-21(20)30-12-14-31(15-13-30)22(32)10-11-27-24-23-19(18-6-2-1-3-7-18)16-33-25(23)29-17-28-24/h1-9,16-17H,10-15H2,(H,27,28,29). The van der Waals surface area contributed by atoms with E-state index in [9.17, 15) is 9.18 Å². The number of carbonyl (C=O) groups is 1. The Bertz CT molecular complexity index is 1250. The van der Waals surface area contributed by atoms with E-state index in [0.717, 1.165) is 27.2 Å². The molecule has 0 bridgehead atoms. The molecule has 168 valence electrons. The van der Waals surface area contributed by atoms with Crippen LogP contribution in [-0.4, -0.2) is 53.5 Å². The minimum atomic E-state index is -0.221. The molecular weight excluding hydrogens is 437 g/mol. The van der Waals surface area contributed by atoms with Gasteiger partial charge in [0, 0.05) is 50.1 Å². The van der Waals surface area contributed by atoms with Crippen LogP contribution < -0.4 is 10.2 Å². The number of hydrogen-bond acceptors (Lipinski definition) is 6. The number of amides is 1. The molecule has 5 rings (SSSR count). The summed E-state index contributed by atoms with van der Waals surface area (Å²) in [4.78, 5) is 26.4. The Morgan fingerprint density at radius 2 is 1.76 bits per heavy atom. The van der Waals surface area contributed by atoms with E-state index in [4.69, 9.17) is 0 Å². The predicted octanol–water partition coefficient (Wildman–Crippen LogP) is 4.65. The van der Waals surface area contributed by atoms with Gasteiger partial charge in [-0.15, -0.1) is 11.3 Å². The number of thiophene rings is 1. The normalized spacial score (nSPS) is 14.0. The lowest BCUT2D eigenvalue weighted by molar-refractivity contribution is -0.131. The molecule has 0 saturated carbocycles. The molecule has 1 aliphatic rings. The number of halogens is 1. The molecule has 0 spiro atoms. The van der Waals surface area contributed by atoms with Gasteiger partial charge in [0.2, 0.25) is 5.91 Å². The monoisotopic (exact) mass is 461 g/mol. The summed E-state index contributed by atoms with van der Waals surface area (Å²) in [7, 11) is 0. The van der Waals surface area contributed by atoms with Crippen LogP contribution in [0.25, 0.3) is 21.3 Å². The summed E-state index contributed by atoms with van der Waals surface area (Å²) in [6.07, 6.45) is 1.93. The minimum absolute atomic E-state index is 0.0922. The van der Waals surface area contributed by atoms with Gasteiger partial charge in [-0.1, -0.05) is 42.5 Å². The lowest BCUT2D eigenvalue weighted by atomic mass is 10.1. The molecule has 1 aliphatic heterocycles. The first-order valence-electron chi connectivity index (χ1n) is 11.0. The number of aromatic nitrogens is 2. The number of nitrogens with one attached hydrogen (secondary N) is 1. The Labute approximate surface area is 195 Å². The first kappa shape index (κ1) is 21.3. The third-order valence-electron chi connectivity index (χ3n) is 5.91. The van der Waals surface area contributed by atoms with Gasteiger partial charge in [-0.2, -0.15) is 0 Å². The SMILES string of the molecule is O=C(CCNc1ncnc2scc(-c3ccccc3)c12)N1CCN(c2ccccc2F)CC1. The molecule has 1 saturated heterocycles. The van der Waals surface area contributed by atoms with Gasteiger partial charge in [-0.3, -0.25) is 4.79 Å². The molecular formula is C25H24FN5OS. The van der Waals surface area contributed by atoms with Gasteiger partial charge in [-0.25, -0.2) is 14.4 Å². The van der Waals surface area contributed by atoms with Crippen molar-refractivity contribution in [2.24, 2.45) is 0 Å². The molecule has 2 aromatic carbocycles. The highest BCUT2D eigenvalue weighted by Crippen LogP contribution is 2.36. The van der Waals surface area contributed by atoms with Gasteiger partial charge in [0.25, 0.3) is 0 Å². The molecule has 1 amide bonds. The first-order chi connectivity index (χ1) is 16.2. The molecule has 0 unspecified atom stereocenters. The third-order valence-corrected chi connectivity index (χ3v) is 6.80. The van der Waals surface area contributed by atoms with E-state index in [-0.39, 0.29) is 11.7 Å². The van der Waals surface area contributed by atoms with Crippen molar-refractivity contribution in [1.82, 2.24) is 14.9 Å². The highest BCUT2D eigenvalue weighted by atomic mass is 32.1. The first-order valence-corrected chi connectivity index (χ1v) is 11.9. The Morgan fingerprint density at radius 1 is 1.00 bits per heavy atom. The van der Waals surface area contributed by atoms with Gasteiger partial charge in [0.15, 0.2) is 0 Å². The van der Waals surface area contributed by atoms with Crippen LogP contribution in [0.15, 0.2) is 66.3 Å². The lowest BCUT2D eigenvalue weighted by Gasteiger charge is -2.36. The zero-order chi connectivity index (χ0) is 22.6. The van der Waals surface area contributed by atoms with Crippen molar-refractivity contribution in [3.8, 4) is 11.1 Å². The van der Waals surface area contributed by atoms with Crippen LogP contribution in [0, 0.1) is 5.82 Å². The summed E-state index contributed by atoms with van der Waals surface area (Å²) in [5, 5.41) is 6.43. The molecule has 1 N–H and O–H groups in total. The number of fused-ring (bicyclic) bond motifs is 1. The quantitative estimate of drug-likeness (QED) is 0.453. The molecule has 0 atom stereocenters. The van der Waals surface area contributed by atoms with E-state index >= 15 is 0 Å². The zero-order valence-electron chi connectivity index (χ0n) is 18.1.